The third-order valence-electron chi connectivity index (χ3n) is 25.1. The maximum Gasteiger partial charge on any atom is 0.164 e. The summed E-state index contributed by atoms with van der Waals surface area (Å²) >= 11 is 1.93. The van der Waals surface area contributed by atoms with Gasteiger partial charge >= 0.3 is 0 Å². The third-order valence-corrected chi connectivity index (χ3v) is 26.3. The van der Waals surface area contributed by atoms with Crippen molar-refractivity contribution in [3.8, 4) is 118 Å². The molecule has 3 aliphatic rings. The molecule has 0 amide bonds. The van der Waals surface area contributed by atoms with E-state index < -0.39 is 0 Å². The first kappa shape index (κ1) is 70.9. The van der Waals surface area contributed by atoms with Crippen LogP contribution < -0.4 is 0 Å². The minimum atomic E-state index is 0.675. The van der Waals surface area contributed by atoms with Crippen LogP contribution >= 0.6 is 11.3 Å². The molecule has 0 bridgehead atoms. The molecule has 0 saturated heterocycles. The highest BCUT2D eigenvalue weighted by Gasteiger charge is 2.28. The van der Waals surface area contributed by atoms with Crippen molar-refractivity contribution >= 4 is 108 Å². The monoisotopic (exact) mass is 1580 g/mol. The molecule has 0 saturated carbocycles. The van der Waals surface area contributed by atoms with Crippen LogP contribution in [0.3, 0.4) is 0 Å². The Bertz CT molecular complexity index is 7720. The van der Waals surface area contributed by atoms with Crippen LogP contribution in [-0.4, -0.2) is 29.5 Å². The van der Waals surface area contributed by atoms with Crippen LogP contribution in [0.1, 0.15) is 33.4 Å². The van der Waals surface area contributed by atoms with Gasteiger partial charge in [0.15, 0.2) is 23.3 Å². The molecule has 9 heteroatoms. The second kappa shape index (κ2) is 29.4. The van der Waals surface area contributed by atoms with E-state index in [0.717, 1.165) is 111 Å². The summed E-state index contributed by atoms with van der Waals surface area (Å²) in [5.74, 6) is 2.78. The van der Waals surface area contributed by atoms with Crippen molar-refractivity contribution in [2.45, 2.75) is 38.5 Å². The molecule has 6 heterocycles. The number of benzene rings is 17. The van der Waals surface area contributed by atoms with E-state index in [0.29, 0.717) is 17.5 Å². The van der Waals surface area contributed by atoms with Gasteiger partial charge in [0, 0.05) is 96.9 Å². The summed E-state index contributed by atoms with van der Waals surface area (Å²) < 4.78 is 17.6. The predicted octanol–water partition coefficient (Wildman–Crippen LogP) is 29.4. The molecule has 17 aromatic carbocycles. The second-order valence-electron chi connectivity index (χ2n) is 32.1. The third kappa shape index (κ3) is 12.1. The Kier molecular flexibility index (Phi) is 17.1. The molecule has 23 aromatic rings. The van der Waals surface area contributed by atoms with E-state index in [1.54, 1.807) is 0 Å². The smallest absolute Gasteiger partial charge is 0.164 e. The van der Waals surface area contributed by atoms with Crippen molar-refractivity contribution in [2.24, 2.45) is 0 Å². The summed E-state index contributed by atoms with van der Waals surface area (Å²) in [6, 6.07) is 134. The minimum absolute atomic E-state index is 0.675. The van der Waals surface area contributed by atoms with E-state index in [1.165, 1.54) is 158 Å². The molecule has 26 rings (SSSR count). The van der Waals surface area contributed by atoms with Gasteiger partial charge in [0.05, 0.1) is 22.4 Å². The van der Waals surface area contributed by atoms with Crippen molar-refractivity contribution in [1.82, 2.24) is 29.5 Å². The standard InChI is InChI=1S/C42H27NS.C36H24N2O.C35H23N3O/c1-3-10-31-26(8-1)16-17-29-21-25-38-40(39(29)31)36-14-7-13-33(42(36)44-38)28-18-22-30(23-19-28)43-37-15-6-5-12-34(37)35-24-20-27-9-2-4-11-32(27)41(35)43;1-3-9-23(10-4-1)30-22-31(24-11-5-2-6-12-24)38-36(37-30)27-17-19-28-26(21-27)16-15-25-18-20-33-35(34(25)28)29-13-7-8-14-32(29)39-33;1-3-9-23(10-4-1)33-36-34(24-11-5-2-6-12-24)38-35(37-33)26-17-19-27-25(21-26)16-15-22-18-20-30-32(31(22)27)28-13-7-8-14-29(28)39-30/h1-15,18-25H,16-17H2;1-14,17-22H,15-16H2;1-14,17-21H,15-16H2. The maximum atomic E-state index is 6.22. The van der Waals surface area contributed by atoms with Crippen molar-refractivity contribution in [1.29, 1.82) is 0 Å². The van der Waals surface area contributed by atoms with Gasteiger partial charge in [-0.25, -0.2) is 24.9 Å². The molecular weight excluding hydrogens is 1510 g/mol. The molecule has 0 N–H and O–H groups in total. The summed E-state index contributed by atoms with van der Waals surface area (Å²) in [7, 11) is 0. The second-order valence-corrected chi connectivity index (χ2v) is 33.2. The summed E-state index contributed by atoms with van der Waals surface area (Å²) in [5.41, 5.74) is 34.3. The fraction of sp³-hybridized carbons (Fsp3) is 0.0531. The average molecular weight is 1580 g/mol. The zero-order chi connectivity index (χ0) is 80.3. The molecule has 0 atom stereocenters. The van der Waals surface area contributed by atoms with Crippen LogP contribution in [0.15, 0.2) is 385 Å². The Morgan fingerprint density at radius 1 is 0.246 bits per heavy atom. The molecule has 6 aromatic heterocycles. The first-order valence-corrected chi connectivity index (χ1v) is 42.9. The van der Waals surface area contributed by atoms with E-state index in [-0.39, 0.29) is 0 Å². The fourth-order valence-corrected chi connectivity index (χ4v) is 20.6. The lowest BCUT2D eigenvalue weighted by Gasteiger charge is -2.21. The van der Waals surface area contributed by atoms with Crippen LogP contribution in [0.4, 0.5) is 0 Å². The van der Waals surface area contributed by atoms with Crippen molar-refractivity contribution in [3.05, 3.63) is 409 Å². The van der Waals surface area contributed by atoms with Gasteiger partial charge in [0.2, 0.25) is 0 Å². The van der Waals surface area contributed by atoms with Gasteiger partial charge in [-0.3, -0.25) is 0 Å². The lowest BCUT2D eigenvalue weighted by Crippen LogP contribution is -2.05. The first-order valence-electron chi connectivity index (χ1n) is 42.0. The molecule has 0 aliphatic heterocycles. The molecule has 122 heavy (non-hydrogen) atoms. The predicted molar refractivity (Wildman–Crippen MR) is 504 cm³/mol. The van der Waals surface area contributed by atoms with E-state index in [9.17, 15) is 0 Å². The molecule has 0 spiro atoms. The van der Waals surface area contributed by atoms with E-state index >= 15 is 0 Å². The molecule has 574 valence electrons. The maximum absolute atomic E-state index is 6.22. The minimum Gasteiger partial charge on any atom is -0.456 e. The average Bonchev–Trinajstić information content (AvgIpc) is 1.55. The number of para-hydroxylation sites is 3. The van der Waals surface area contributed by atoms with Crippen LogP contribution in [0, 0.1) is 0 Å². The Balaban J connectivity index is 0.000000104. The zero-order valence-corrected chi connectivity index (χ0v) is 67.3. The van der Waals surface area contributed by atoms with Crippen molar-refractivity contribution in [3.63, 3.8) is 0 Å². The van der Waals surface area contributed by atoms with Gasteiger partial charge < -0.3 is 13.4 Å². The van der Waals surface area contributed by atoms with Crippen LogP contribution in [0.25, 0.3) is 215 Å². The number of hydrogen-bond acceptors (Lipinski definition) is 8. The number of nitrogens with zero attached hydrogens (tertiary/aromatic N) is 6. The summed E-state index contributed by atoms with van der Waals surface area (Å²) in [5, 5.41) is 12.7. The lowest BCUT2D eigenvalue weighted by atomic mass is 9.82. The van der Waals surface area contributed by atoms with Gasteiger partial charge in [-0.2, -0.15) is 0 Å². The Hall–Kier alpha value is -15.3. The lowest BCUT2D eigenvalue weighted by molar-refractivity contribution is 0.668. The van der Waals surface area contributed by atoms with Gasteiger partial charge in [-0.15, -0.1) is 11.3 Å². The highest BCUT2D eigenvalue weighted by Crippen LogP contribution is 2.50. The SMILES string of the molecule is c1ccc(-c2cc(-c3ccccc3)nc(-c3ccc4c(c3)CCc3ccc5oc6ccccc6c5c3-4)n2)cc1.c1ccc(-c2nc(-c3ccccc3)nc(-c3ccc4c(c3)CCc3ccc5oc6ccccc6c5c3-4)n2)cc1.c1ccc2c(c1)CCc1ccc3sc4c(-c5ccc(-n6c7ccccc7c7ccc8ccccc8c76)cc5)cccc4c3c1-2. The highest BCUT2D eigenvalue weighted by atomic mass is 32.1. The number of thiophene rings is 1. The molecular formula is C113H74N6O2S. The van der Waals surface area contributed by atoms with Crippen molar-refractivity contribution < 1.29 is 8.83 Å². The highest BCUT2D eigenvalue weighted by molar-refractivity contribution is 7.26. The number of fused-ring (bicyclic) bond motifs is 26. The fourth-order valence-electron chi connectivity index (χ4n) is 19.4. The quantitative estimate of drug-likeness (QED) is 0.150. The number of aryl methyl sites for hydroxylation is 6. The molecule has 8 nitrogen and oxygen atoms in total. The molecule has 0 radical (unpaired) electrons. The Morgan fingerprint density at radius 2 is 0.680 bits per heavy atom. The van der Waals surface area contributed by atoms with Gasteiger partial charge in [-0.1, -0.05) is 309 Å². The van der Waals surface area contributed by atoms with E-state index in [1.807, 2.05) is 102 Å². The normalized spacial score (nSPS) is 12.6. The van der Waals surface area contributed by atoms with Gasteiger partial charge in [-0.05, 0) is 189 Å². The van der Waals surface area contributed by atoms with Crippen LogP contribution in [-0.2, 0) is 38.5 Å². The van der Waals surface area contributed by atoms with Crippen molar-refractivity contribution in [2.75, 3.05) is 0 Å². The van der Waals surface area contributed by atoms with Crippen LogP contribution in [0.5, 0.6) is 0 Å². The Morgan fingerprint density at radius 3 is 1.27 bits per heavy atom. The topological polar surface area (TPSA) is 95.7 Å². The first-order chi connectivity index (χ1) is 60.5. The number of rotatable bonds is 8. The molecule has 3 aliphatic carbocycles. The number of furan rings is 2. The molecule has 0 fully saturated rings. The van der Waals surface area contributed by atoms with Gasteiger partial charge in [0.25, 0.3) is 0 Å². The van der Waals surface area contributed by atoms with E-state index in [4.69, 9.17) is 33.8 Å². The largest absolute Gasteiger partial charge is 0.456 e. The van der Waals surface area contributed by atoms with E-state index in [2.05, 4.69) is 290 Å². The molecule has 0 unspecified atom stereocenters. The zero-order valence-electron chi connectivity index (χ0n) is 66.4. The Labute approximate surface area is 707 Å². The van der Waals surface area contributed by atoms with Crippen LogP contribution in [0.2, 0.25) is 0 Å². The summed E-state index contributed by atoms with van der Waals surface area (Å²) in [4.78, 5) is 24.8. The summed E-state index contributed by atoms with van der Waals surface area (Å²) in [6.45, 7) is 0. The number of aromatic nitrogens is 6. The van der Waals surface area contributed by atoms with Gasteiger partial charge in [0.1, 0.15) is 22.3 Å². The number of hydrogen-bond donors (Lipinski definition) is 0. The summed E-state index contributed by atoms with van der Waals surface area (Å²) in [6.07, 6.45) is 6.18.